The molecule has 1 aliphatic carbocycles. The summed E-state index contributed by atoms with van der Waals surface area (Å²) in [5, 5.41) is 11.4. The van der Waals surface area contributed by atoms with Crippen molar-refractivity contribution in [2.24, 2.45) is 0 Å². The van der Waals surface area contributed by atoms with Crippen molar-refractivity contribution in [1.29, 1.82) is 0 Å². The van der Waals surface area contributed by atoms with Crippen LogP contribution in [0.1, 0.15) is 131 Å². The first-order valence-electron chi connectivity index (χ1n) is 25.9. The van der Waals surface area contributed by atoms with Gasteiger partial charge in [0.1, 0.15) is 41.8 Å². The van der Waals surface area contributed by atoms with E-state index in [4.69, 9.17) is 48.6 Å². The van der Waals surface area contributed by atoms with Gasteiger partial charge in [-0.3, -0.25) is 0 Å². The van der Waals surface area contributed by atoms with Crippen molar-refractivity contribution in [3.05, 3.63) is 82.8 Å². The highest BCUT2D eigenvalue weighted by atomic mass is 19.1. The molecule has 0 N–H and O–H groups in total. The van der Waals surface area contributed by atoms with Crippen LogP contribution < -0.4 is 14.4 Å². The molecule has 1 unspecified atom stereocenters. The van der Waals surface area contributed by atoms with Crippen molar-refractivity contribution in [1.82, 2.24) is 39.4 Å². The van der Waals surface area contributed by atoms with E-state index in [1.54, 1.807) is 6.07 Å². The van der Waals surface area contributed by atoms with Crippen molar-refractivity contribution in [3.8, 4) is 22.9 Å². The van der Waals surface area contributed by atoms with E-state index in [0.29, 0.717) is 80.6 Å². The van der Waals surface area contributed by atoms with Gasteiger partial charge in [-0.2, -0.15) is 20.2 Å². The Labute approximate surface area is 413 Å². The Kier molecular flexibility index (Phi) is 12.3. The van der Waals surface area contributed by atoms with Gasteiger partial charge >= 0.3 is 12.1 Å². The largest absolute Gasteiger partial charge is 0.486 e. The summed E-state index contributed by atoms with van der Waals surface area (Å²) >= 11 is 0. The Morgan fingerprint density at radius 1 is 0.845 bits per heavy atom. The predicted molar refractivity (Wildman–Crippen MR) is 263 cm³/mol. The number of likely N-dealkylation sites (tertiary alicyclic amines) is 1. The summed E-state index contributed by atoms with van der Waals surface area (Å²) in [7, 11) is 0. The summed E-state index contributed by atoms with van der Waals surface area (Å²) in [6.45, 7) is 12.2. The molecule has 3 atom stereocenters. The maximum absolute atomic E-state index is 16.8. The third kappa shape index (κ3) is 9.29. The van der Waals surface area contributed by atoms with Crippen LogP contribution in [0, 0.1) is 12.7 Å². The van der Waals surface area contributed by atoms with Crippen LogP contribution in [-0.4, -0.2) is 115 Å². The van der Waals surface area contributed by atoms with E-state index in [2.05, 4.69) is 40.2 Å². The molecular formula is C54H64FN9O7. The summed E-state index contributed by atoms with van der Waals surface area (Å²) in [6, 6.07) is 12.8. The minimum absolute atomic E-state index is 0.00256. The fourth-order valence-corrected chi connectivity index (χ4v) is 11.4. The number of amides is 1. The molecule has 6 aliphatic rings. The third-order valence-corrected chi connectivity index (χ3v) is 15.2. The van der Waals surface area contributed by atoms with Crippen LogP contribution in [0.15, 0.2) is 48.9 Å². The van der Waals surface area contributed by atoms with Gasteiger partial charge in [0.05, 0.1) is 43.1 Å². The van der Waals surface area contributed by atoms with Crippen LogP contribution in [-0.2, 0) is 32.0 Å². The Hall–Kier alpha value is -5.91. The second-order valence-electron chi connectivity index (χ2n) is 21.4. The summed E-state index contributed by atoms with van der Waals surface area (Å²) in [4.78, 5) is 32.9. The molecule has 16 nitrogen and oxygen atoms in total. The van der Waals surface area contributed by atoms with Crippen molar-refractivity contribution in [3.63, 3.8) is 0 Å². The van der Waals surface area contributed by atoms with Crippen molar-refractivity contribution < 1.29 is 37.6 Å². The maximum atomic E-state index is 16.8. The molecule has 8 heterocycles. The number of piperazine rings is 1. The van der Waals surface area contributed by atoms with E-state index >= 15 is 4.39 Å². The number of hydrogen-bond donors (Lipinski definition) is 0. The molecule has 1 saturated carbocycles. The van der Waals surface area contributed by atoms with Crippen molar-refractivity contribution >= 4 is 33.7 Å². The Bertz CT molecular complexity index is 2930. The van der Waals surface area contributed by atoms with Crippen LogP contribution >= 0.6 is 0 Å². The SMILES string of the molecule is Cc1c(F)cc2c(cnn2C2CCCCO2)c1-c1c(C2CC2)cc2c(N3C[C@@H]4C[C@H]3CN4C(=O)OC(C)(C)C)nc(OC3CCOCC3)nc2c1OCc1ccc(Cc2ncn(C3CCOCC3)n2)cc1. The van der Waals surface area contributed by atoms with Gasteiger partial charge < -0.3 is 38.2 Å². The van der Waals surface area contributed by atoms with Gasteiger partial charge in [0.25, 0.3) is 0 Å². The van der Waals surface area contributed by atoms with Crippen LogP contribution in [0.25, 0.3) is 32.9 Å². The van der Waals surface area contributed by atoms with Crippen molar-refractivity contribution in [2.75, 3.05) is 51.0 Å². The highest BCUT2D eigenvalue weighted by molar-refractivity contribution is 6.06. The molecule has 12 rings (SSSR count). The lowest BCUT2D eigenvalue weighted by molar-refractivity contribution is -0.0366. The number of halogens is 1. The van der Waals surface area contributed by atoms with Crippen LogP contribution in [0.4, 0.5) is 15.0 Å². The third-order valence-electron chi connectivity index (χ3n) is 15.2. The standard InChI is InChI=1S/C54H64FN9O7/c1-32-43(55)26-44-42(27-57-64(44)46-7-5-6-18-68-46)47(32)48-40(35-12-13-35)25-41-49(50(48)69-30-34-10-8-33(9-11-34)23-45-56-31-63(60-45)36-14-19-66-20-15-36)58-52(70-39-16-21-67-22-17-39)59-51(41)61-28-38-24-37(61)29-62(38)53(65)71-54(2,3)4/h8-11,25-27,31,35-39,46H,5-7,12-24,28-30H2,1-4H3/t37-,38-,46?/m0/s1. The van der Waals surface area contributed by atoms with Gasteiger partial charge in [-0.15, -0.1) is 0 Å². The molecule has 1 amide bonds. The summed E-state index contributed by atoms with van der Waals surface area (Å²) in [5.41, 5.74) is 5.85. The van der Waals surface area contributed by atoms with Gasteiger partial charge in [-0.25, -0.2) is 23.5 Å². The van der Waals surface area contributed by atoms with Gasteiger partial charge in [0.15, 0.2) is 17.8 Å². The maximum Gasteiger partial charge on any atom is 0.410 e. The average molecular weight is 970 g/mol. The number of benzene rings is 3. The zero-order valence-electron chi connectivity index (χ0n) is 41.3. The monoisotopic (exact) mass is 969 g/mol. The van der Waals surface area contributed by atoms with Crippen LogP contribution in [0.2, 0.25) is 0 Å². The Balaban J connectivity index is 0.973. The minimum atomic E-state index is -0.603. The minimum Gasteiger partial charge on any atom is -0.486 e. The molecular weight excluding hydrogens is 906 g/mol. The lowest BCUT2D eigenvalue weighted by Gasteiger charge is -2.36. The first kappa shape index (κ1) is 46.2. The molecule has 6 aromatic rings. The number of nitrogens with zero attached hydrogens (tertiary/aromatic N) is 9. The zero-order chi connectivity index (χ0) is 48.4. The molecule has 0 spiro atoms. The molecule has 2 bridgehead atoms. The molecule has 71 heavy (non-hydrogen) atoms. The molecule has 17 heteroatoms. The zero-order valence-corrected chi connectivity index (χ0v) is 41.3. The normalized spacial score (nSPS) is 22.2. The summed E-state index contributed by atoms with van der Waals surface area (Å²) in [5.74, 6) is 1.95. The fraction of sp³-hybridized carbons (Fsp3) is 0.556. The summed E-state index contributed by atoms with van der Waals surface area (Å²) in [6.07, 6.45) is 12.5. The molecule has 374 valence electrons. The lowest BCUT2D eigenvalue weighted by atomic mass is 9.88. The molecule has 0 radical (unpaired) electrons. The van der Waals surface area contributed by atoms with Gasteiger partial charge in [-0.05, 0) is 113 Å². The fourth-order valence-electron chi connectivity index (χ4n) is 11.4. The number of rotatable bonds is 12. The van der Waals surface area contributed by atoms with Gasteiger partial charge in [0.2, 0.25) is 0 Å². The first-order valence-corrected chi connectivity index (χ1v) is 25.9. The second kappa shape index (κ2) is 18.9. The number of carbonyl (C=O) groups is 1. The molecule has 5 saturated heterocycles. The summed E-state index contributed by atoms with van der Waals surface area (Å²) < 4.78 is 58.0. The highest BCUT2D eigenvalue weighted by Gasteiger charge is 2.48. The van der Waals surface area contributed by atoms with E-state index in [1.165, 1.54) is 0 Å². The van der Waals surface area contributed by atoms with E-state index in [0.717, 1.165) is 115 Å². The quantitative estimate of drug-likeness (QED) is 0.115. The second-order valence-corrected chi connectivity index (χ2v) is 21.4. The molecule has 6 fully saturated rings. The number of anilines is 1. The topological polar surface area (TPSA) is 153 Å². The number of carbonyl (C=O) groups excluding carboxylic acids is 1. The van der Waals surface area contributed by atoms with E-state index in [1.807, 2.05) is 54.5 Å². The Morgan fingerprint density at radius 3 is 2.34 bits per heavy atom. The highest BCUT2D eigenvalue weighted by Crippen LogP contribution is 2.54. The van der Waals surface area contributed by atoms with Crippen LogP contribution in [0.5, 0.6) is 11.8 Å². The predicted octanol–water partition coefficient (Wildman–Crippen LogP) is 9.54. The first-order chi connectivity index (χ1) is 34.5. The smallest absolute Gasteiger partial charge is 0.410 e. The number of fused-ring (bicyclic) bond motifs is 4. The number of hydrogen-bond acceptors (Lipinski definition) is 13. The number of aromatic nitrogens is 7. The Morgan fingerprint density at radius 2 is 1.62 bits per heavy atom. The lowest BCUT2D eigenvalue weighted by Crippen LogP contribution is -2.50. The van der Waals surface area contributed by atoms with Gasteiger partial charge in [0, 0.05) is 80.1 Å². The van der Waals surface area contributed by atoms with Crippen LogP contribution in [0.3, 0.4) is 0 Å². The van der Waals surface area contributed by atoms with Crippen molar-refractivity contribution in [2.45, 2.75) is 147 Å². The van der Waals surface area contributed by atoms with E-state index in [-0.39, 0.29) is 54.9 Å². The molecule has 3 aromatic carbocycles. The van der Waals surface area contributed by atoms with Gasteiger partial charge in [-0.1, -0.05) is 24.3 Å². The van der Waals surface area contributed by atoms with E-state index < -0.39 is 5.60 Å². The average Bonchev–Trinajstić information content (AvgIpc) is 3.64. The van der Waals surface area contributed by atoms with E-state index in [9.17, 15) is 4.79 Å². The number of ether oxygens (including phenoxy) is 6. The molecule has 3 aromatic heterocycles. The molecule has 5 aliphatic heterocycles.